The van der Waals surface area contributed by atoms with Crippen LogP contribution in [0.25, 0.3) is 0 Å². The summed E-state index contributed by atoms with van der Waals surface area (Å²) in [6, 6.07) is 9.25. The highest BCUT2D eigenvalue weighted by atomic mass is 32.2. The van der Waals surface area contributed by atoms with Crippen molar-refractivity contribution in [3.8, 4) is 23.0 Å². The Morgan fingerprint density at radius 2 is 1.85 bits per heavy atom. The summed E-state index contributed by atoms with van der Waals surface area (Å²) in [5, 5.41) is 2.59. The Morgan fingerprint density at radius 3 is 2.59 bits per heavy atom. The van der Waals surface area contributed by atoms with Gasteiger partial charge >= 0.3 is 0 Å². The van der Waals surface area contributed by atoms with Crippen LogP contribution in [0.1, 0.15) is 0 Å². The summed E-state index contributed by atoms with van der Waals surface area (Å²) >= 11 is 0. The lowest BCUT2D eigenvalue weighted by Gasteiger charge is -2.12. The smallest absolute Gasteiger partial charge is 0.244 e. The van der Waals surface area contributed by atoms with Crippen molar-refractivity contribution in [2.24, 2.45) is 0 Å². The Balaban J connectivity index is 1.67. The lowest BCUT2D eigenvalue weighted by Crippen LogP contribution is -2.33. The van der Waals surface area contributed by atoms with E-state index >= 15 is 0 Å². The highest BCUT2D eigenvalue weighted by Gasteiger charge is 2.22. The Kier molecular flexibility index (Phi) is 5.38. The number of carbonyl (C=O) groups is 1. The van der Waals surface area contributed by atoms with Crippen molar-refractivity contribution in [3.05, 3.63) is 36.4 Å². The van der Waals surface area contributed by atoms with Crippen molar-refractivity contribution in [2.45, 2.75) is 4.90 Å². The fraction of sp³-hybridized carbons (Fsp3) is 0.235. The molecule has 27 heavy (non-hydrogen) atoms. The van der Waals surface area contributed by atoms with Crippen LogP contribution in [0.3, 0.4) is 0 Å². The van der Waals surface area contributed by atoms with Gasteiger partial charge in [0, 0.05) is 17.8 Å². The monoisotopic (exact) mass is 394 g/mol. The third-order valence-corrected chi connectivity index (χ3v) is 5.16. The van der Waals surface area contributed by atoms with Crippen LogP contribution in [0.2, 0.25) is 0 Å². The van der Waals surface area contributed by atoms with E-state index in [2.05, 4.69) is 10.0 Å². The number of sulfonamides is 1. The molecule has 1 heterocycles. The van der Waals surface area contributed by atoms with Crippen LogP contribution < -0.4 is 29.0 Å². The van der Waals surface area contributed by atoms with E-state index in [4.69, 9.17) is 18.9 Å². The number of anilines is 1. The summed E-state index contributed by atoms with van der Waals surface area (Å²) in [7, 11) is -1.22. The number of fused-ring (bicyclic) bond motifs is 1. The molecule has 0 radical (unpaired) electrons. The zero-order chi connectivity index (χ0) is 19.4. The minimum atomic E-state index is -3.99. The normalized spacial score (nSPS) is 12.5. The van der Waals surface area contributed by atoms with Gasteiger partial charge in [-0.1, -0.05) is 0 Å². The molecule has 2 N–H and O–H groups in total. The first kappa shape index (κ1) is 18.8. The molecule has 1 amide bonds. The topological polar surface area (TPSA) is 112 Å². The Bertz CT molecular complexity index is 960. The van der Waals surface area contributed by atoms with Gasteiger partial charge in [0.1, 0.15) is 16.4 Å². The van der Waals surface area contributed by atoms with Crippen molar-refractivity contribution in [2.75, 3.05) is 32.9 Å². The minimum Gasteiger partial charge on any atom is -0.497 e. The molecule has 0 bridgehead atoms. The molecule has 144 valence electrons. The molecule has 0 unspecified atom stereocenters. The zero-order valence-corrected chi connectivity index (χ0v) is 15.5. The summed E-state index contributed by atoms with van der Waals surface area (Å²) in [5.74, 6) is 1.04. The van der Waals surface area contributed by atoms with E-state index in [0.29, 0.717) is 22.9 Å². The molecule has 2 aromatic carbocycles. The van der Waals surface area contributed by atoms with E-state index in [9.17, 15) is 13.2 Å². The first-order valence-electron chi connectivity index (χ1n) is 7.84. The second-order valence-corrected chi connectivity index (χ2v) is 7.19. The summed E-state index contributed by atoms with van der Waals surface area (Å²) in [6.45, 7) is -0.341. The van der Waals surface area contributed by atoms with Crippen LogP contribution in [0.15, 0.2) is 41.3 Å². The van der Waals surface area contributed by atoms with Gasteiger partial charge in [-0.15, -0.1) is 0 Å². The average molecular weight is 394 g/mol. The van der Waals surface area contributed by atoms with Crippen molar-refractivity contribution < 1.29 is 32.2 Å². The van der Waals surface area contributed by atoms with Crippen molar-refractivity contribution in [1.82, 2.24) is 4.72 Å². The molecule has 3 rings (SSSR count). The standard InChI is InChI=1S/C17H18N2O7S/c1-23-12-4-6-14(24-2)16(8-12)27(21,22)18-9-17(20)19-11-3-5-13-15(7-11)26-10-25-13/h3-8,18H,9-10H2,1-2H3,(H,19,20). The number of benzene rings is 2. The summed E-state index contributed by atoms with van der Waals surface area (Å²) in [6.07, 6.45) is 0. The molecular formula is C17H18N2O7S. The second kappa shape index (κ2) is 7.72. The number of carbonyl (C=O) groups excluding carboxylic acids is 1. The van der Waals surface area contributed by atoms with Crippen LogP contribution in [0.4, 0.5) is 5.69 Å². The number of methoxy groups -OCH3 is 2. The predicted octanol–water partition coefficient (Wildman–Crippen LogP) is 1.35. The molecule has 0 fully saturated rings. The number of rotatable bonds is 7. The molecule has 0 atom stereocenters. The molecule has 1 aliphatic heterocycles. The van der Waals surface area contributed by atoms with E-state index in [1.807, 2.05) is 0 Å². The van der Waals surface area contributed by atoms with Crippen molar-refractivity contribution in [3.63, 3.8) is 0 Å². The van der Waals surface area contributed by atoms with Crippen LogP contribution in [-0.2, 0) is 14.8 Å². The van der Waals surface area contributed by atoms with Gasteiger partial charge in [-0.05, 0) is 24.3 Å². The predicted molar refractivity (Wildman–Crippen MR) is 95.9 cm³/mol. The quantitative estimate of drug-likeness (QED) is 0.729. The lowest BCUT2D eigenvalue weighted by molar-refractivity contribution is -0.115. The molecule has 0 aliphatic carbocycles. The fourth-order valence-corrected chi connectivity index (χ4v) is 3.58. The largest absolute Gasteiger partial charge is 0.497 e. The fourth-order valence-electron chi connectivity index (χ4n) is 2.41. The highest BCUT2D eigenvalue weighted by molar-refractivity contribution is 7.89. The van der Waals surface area contributed by atoms with Crippen LogP contribution >= 0.6 is 0 Å². The summed E-state index contributed by atoms with van der Waals surface area (Å²) < 4.78 is 47.8. The molecule has 1 aliphatic rings. The number of amides is 1. The number of nitrogens with one attached hydrogen (secondary N) is 2. The third-order valence-electron chi connectivity index (χ3n) is 3.74. The van der Waals surface area contributed by atoms with Crippen molar-refractivity contribution in [1.29, 1.82) is 0 Å². The maximum atomic E-state index is 12.5. The molecular weight excluding hydrogens is 376 g/mol. The SMILES string of the molecule is COc1ccc(OC)c(S(=O)(=O)NCC(=O)Nc2ccc3c(c2)OCO3)c1. The maximum Gasteiger partial charge on any atom is 0.244 e. The molecule has 10 heteroatoms. The lowest BCUT2D eigenvalue weighted by atomic mass is 10.3. The van der Waals surface area contributed by atoms with Gasteiger partial charge in [-0.25, -0.2) is 13.1 Å². The first-order valence-corrected chi connectivity index (χ1v) is 9.32. The Labute approximate surface area is 156 Å². The zero-order valence-electron chi connectivity index (χ0n) is 14.6. The Morgan fingerprint density at radius 1 is 1.07 bits per heavy atom. The number of hydrogen-bond donors (Lipinski definition) is 2. The Hall–Kier alpha value is -2.98. The van der Waals surface area contributed by atoms with Crippen LogP contribution in [-0.4, -0.2) is 41.9 Å². The van der Waals surface area contributed by atoms with E-state index in [-0.39, 0.29) is 17.4 Å². The molecule has 0 saturated heterocycles. The van der Waals surface area contributed by atoms with Gasteiger partial charge in [0.2, 0.25) is 22.7 Å². The van der Waals surface area contributed by atoms with Gasteiger partial charge in [-0.2, -0.15) is 0 Å². The van der Waals surface area contributed by atoms with E-state index in [1.54, 1.807) is 24.3 Å². The second-order valence-electron chi connectivity index (χ2n) is 5.46. The summed E-state index contributed by atoms with van der Waals surface area (Å²) in [4.78, 5) is 12.0. The molecule has 0 saturated carbocycles. The average Bonchev–Trinajstić information content (AvgIpc) is 3.13. The van der Waals surface area contributed by atoms with Crippen LogP contribution in [0, 0.1) is 0 Å². The first-order chi connectivity index (χ1) is 12.9. The van der Waals surface area contributed by atoms with Gasteiger partial charge in [0.15, 0.2) is 11.5 Å². The molecule has 0 spiro atoms. The number of hydrogen-bond acceptors (Lipinski definition) is 7. The molecule has 0 aromatic heterocycles. The van der Waals surface area contributed by atoms with E-state index in [0.717, 1.165) is 0 Å². The summed E-state index contributed by atoms with van der Waals surface area (Å²) in [5.41, 5.74) is 0.461. The van der Waals surface area contributed by atoms with Crippen molar-refractivity contribution >= 4 is 21.6 Å². The van der Waals surface area contributed by atoms with E-state index < -0.39 is 22.5 Å². The minimum absolute atomic E-state index is 0.120. The van der Waals surface area contributed by atoms with Gasteiger partial charge in [0.25, 0.3) is 0 Å². The number of ether oxygens (including phenoxy) is 4. The van der Waals surface area contributed by atoms with Gasteiger partial charge < -0.3 is 24.3 Å². The molecule has 2 aromatic rings. The molecule has 9 nitrogen and oxygen atoms in total. The van der Waals surface area contributed by atoms with E-state index in [1.165, 1.54) is 26.4 Å². The highest BCUT2D eigenvalue weighted by Crippen LogP contribution is 2.34. The van der Waals surface area contributed by atoms with Gasteiger partial charge in [-0.3, -0.25) is 4.79 Å². The van der Waals surface area contributed by atoms with Crippen LogP contribution in [0.5, 0.6) is 23.0 Å². The third kappa shape index (κ3) is 4.23. The maximum absolute atomic E-state index is 12.5. The van der Waals surface area contributed by atoms with Gasteiger partial charge in [0.05, 0.1) is 20.8 Å².